The Labute approximate surface area is 136 Å². The fraction of sp³-hybridized carbons (Fsp3) is 0.273. The first-order valence-electron chi connectivity index (χ1n) is 4.86. The molecule has 0 unspecified atom stereocenters. The fourth-order valence-electron chi connectivity index (χ4n) is 1.70. The summed E-state index contributed by atoms with van der Waals surface area (Å²) < 4.78 is 1.69. The number of aromatic nitrogens is 2. The summed E-state index contributed by atoms with van der Waals surface area (Å²) >= 11 is 0. The molecule has 78 valence electrons. The summed E-state index contributed by atoms with van der Waals surface area (Å²) in [4.78, 5) is 15.0. The minimum absolute atomic E-state index is 0. The van der Waals surface area contributed by atoms with Gasteiger partial charge < -0.3 is 14.5 Å². The van der Waals surface area contributed by atoms with Crippen LogP contribution in [0.2, 0.25) is 0 Å². The van der Waals surface area contributed by atoms with E-state index in [1.165, 1.54) is 0 Å². The van der Waals surface area contributed by atoms with Crippen molar-refractivity contribution >= 4 is 17.0 Å². The Bertz CT molecular complexity index is 508. The van der Waals surface area contributed by atoms with Crippen LogP contribution in [0.3, 0.4) is 0 Å². The van der Waals surface area contributed by atoms with Gasteiger partial charge >= 0.3 is 51.4 Å². The number of imidazole rings is 1. The van der Waals surface area contributed by atoms with Crippen LogP contribution in [0.15, 0.2) is 24.3 Å². The summed E-state index contributed by atoms with van der Waals surface area (Å²) in [6, 6.07) is 7.50. The summed E-state index contributed by atoms with van der Waals surface area (Å²) in [5, 5.41) is 10.6. The maximum Gasteiger partial charge on any atom is 1.00 e. The number of aliphatic carboxylic acids is 1. The third-order valence-corrected chi connectivity index (χ3v) is 2.34. The first kappa shape index (κ1) is 13.9. The second-order valence-corrected chi connectivity index (χ2v) is 3.33. The predicted octanol–water partition coefficient (Wildman–Crippen LogP) is -2.65. The molecule has 1 aromatic carbocycles. The van der Waals surface area contributed by atoms with Crippen molar-refractivity contribution in [1.82, 2.24) is 9.55 Å². The molecule has 0 radical (unpaired) electrons. The molecular formula is C11H11KN2O2. The van der Waals surface area contributed by atoms with Crippen molar-refractivity contribution in [2.75, 3.05) is 0 Å². The van der Waals surface area contributed by atoms with Crippen LogP contribution in [-0.2, 0) is 17.8 Å². The van der Waals surface area contributed by atoms with Crippen molar-refractivity contribution < 1.29 is 61.3 Å². The van der Waals surface area contributed by atoms with Crippen molar-refractivity contribution in [1.29, 1.82) is 0 Å². The zero-order valence-electron chi connectivity index (χ0n) is 9.43. The van der Waals surface area contributed by atoms with Crippen LogP contribution in [0.5, 0.6) is 0 Å². The standard InChI is InChI=1S/C11H12N2O2.K/c1-2-10-12-8-5-3-4-6-9(8)13(10)7-11(14)15;/h3-6H,2,7H2,1H3,(H,14,15);/q;+1/p-1. The number of hydrogen-bond donors (Lipinski definition) is 0. The van der Waals surface area contributed by atoms with Crippen molar-refractivity contribution in [3.8, 4) is 0 Å². The Balaban J connectivity index is 0.00000128. The fourth-order valence-corrected chi connectivity index (χ4v) is 1.70. The van der Waals surface area contributed by atoms with Crippen molar-refractivity contribution in [2.24, 2.45) is 0 Å². The molecule has 2 rings (SSSR count). The van der Waals surface area contributed by atoms with Crippen LogP contribution in [0.4, 0.5) is 0 Å². The zero-order chi connectivity index (χ0) is 10.8. The van der Waals surface area contributed by atoms with Gasteiger partial charge in [0.15, 0.2) is 0 Å². The van der Waals surface area contributed by atoms with E-state index in [9.17, 15) is 9.90 Å². The van der Waals surface area contributed by atoms with Gasteiger partial charge in [-0.15, -0.1) is 0 Å². The van der Waals surface area contributed by atoms with E-state index in [0.717, 1.165) is 16.9 Å². The van der Waals surface area contributed by atoms with Gasteiger partial charge in [0.2, 0.25) is 0 Å². The molecule has 5 heteroatoms. The SMILES string of the molecule is CCc1nc2ccccc2n1CC(=O)[O-].[K+]. The van der Waals surface area contributed by atoms with Crippen LogP contribution in [-0.4, -0.2) is 15.5 Å². The normalized spacial score (nSPS) is 10.1. The molecule has 0 spiro atoms. The molecule has 0 aliphatic rings. The number of aryl methyl sites for hydroxylation is 1. The summed E-state index contributed by atoms with van der Waals surface area (Å²) in [6.45, 7) is 1.82. The van der Waals surface area contributed by atoms with E-state index < -0.39 is 5.97 Å². The Morgan fingerprint density at radius 2 is 2.12 bits per heavy atom. The molecule has 0 N–H and O–H groups in total. The van der Waals surface area contributed by atoms with Crippen molar-refractivity contribution in [3.05, 3.63) is 30.1 Å². The van der Waals surface area contributed by atoms with Gasteiger partial charge in [-0.3, -0.25) is 0 Å². The summed E-state index contributed by atoms with van der Waals surface area (Å²) in [7, 11) is 0. The second kappa shape index (κ2) is 5.93. The van der Waals surface area contributed by atoms with Crippen LogP contribution in [0, 0.1) is 0 Å². The molecule has 0 amide bonds. The monoisotopic (exact) mass is 242 g/mol. The number of hydrogen-bond acceptors (Lipinski definition) is 3. The predicted molar refractivity (Wildman–Crippen MR) is 54.1 cm³/mol. The van der Waals surface area contributed by atoms with E-state index in [4.69, 9.17) is 0 Å². The van der Waals surface area contributed by atoms with Gasteiger partial charge in [0.05, 0.1) is 23.5 Å². The number of carboxylic acid groups (broad SMARTS) is 1. The molecule has 4 nitrogen and oxygen atoms in total. The summed E-state index contributed by atoms with van der Waals surface area (Å²) in [5.74, 6) is -0.312. The molecule has 16 heavy (non-hydrogen) atoms. The maximum atomic E-state index is 10.6. The minimum Gasteiger partial charge on any atom is -0.548 e. The number of carbonyl (C=O) groups is 1. The number of rotatable bonds is 3. The van der Waals surface area contributed by atoms with Gasteiger partial charge in [0.1, 0.15) is 5.82 Å². The van der Waals surface area contributed by atoms with Crippen LogP contribution < -0.4 is 56.5 Å². The van der Waals surface area contributed by atoms with E-state index in [0.29, 0.717) is 6.42 Å². The van der Waals surface area contributed by atoms with E-state index in [-0.39, 0.29) is 57.9 Å². The number of nitrogens with zero attached hydrogens (tertiary/aromatic N) is 2. The van der Waals surface area contributed by atoms with E-state index >= 15 is 0 Å². The number of fused-ring (bicyclic) bond motifs is 1. The van der Waals surface area contributed by atoms with Crippen LogP contribution >= 0.6 is 0 Å². The summed E-state index contributed by atoms with van der Waals surface area (Å²) in [6.07, 6.45) is 0.710. The smallest absolute Gasteiger partial charge is 0.548 e. The van der Waals surface area contributed by atoms with Gasteiger partial charge in [0, 0.05) is 6.42 Å². The second-order valence-electron chi connectivity index (χ2n) is 3.33. The van der Waals surface area contributed by atoms with Crippen LogP contribution in [0.25, 0.3) is 11.0 Å². The van der Waals surface area contributed by atoms with Crippen LogP contribution in [0.1, 0.15) is 12.7 Å². The molecular weight excluding hydrogens is 231 g/mol. The Morgan fingerprint density at radius 1 is 1.44 bits per heavy atom. The van der Waals surface area contributed by atoms with E-state index in [1.807, 2.05) is 31.2 Å². The molecule has 0 fully saturated rings. The third kappa shape index (κ3) is 2.72. The molecule has 1 aromatic heterocycles. The van der Waals surface area contributed by atoms with E-state index in [2.05, 4.69) is 4.98 Å². The molecule has 2 aromatic rings. The molecule has 0 bridgehead atoms. The van der Waals surface area contributed by atoms with Crippen molar-refractivity contribution in [3.63, 3.8) is 0 Å². The Morgan fingerprint density at radius 3 is 2.75 bits per heavy atom. The Hall–Kier alpha value is -0.204. The van der Waals surface area contributed by atoms with Gasteiger partial charge in [0.25, 0.3) is 0 Å². The number of carbonyl (C=O) groups excluding carboxylic acids is 1. The molecule has 0 saturated carbocycles. The molecule has 0 saturated heterocycles. The van der Waals surface area contributed by atoms with Gasteiger partial charge in [-0.1, -0.05) is 19.1 Å². The third-order valence-electron chi connectivity index (χ3n) is 2.34. The molecule has 1 heterocycles. The number of para-hydroxylation sites is 2. The molecule has 0 atom stereocenters. The Kier molecular flexibility index (Phi) is 5.14. The first-order chi connectivity index (χ1) is 7.22. The maximum absolute atomic E-state index is 10.6. The zero-order valence-corrected chi connectivity index (χ0v) is 12.6. The van der Waals surface area contributed by atoms with Gasteiger partial charge in [-0.2, -0.15) is 0 Å². The number of benzene rings is 1. The average Bonchev–Trinajstić information content (AvgIpc) is 2.56. The topological polar surface area (TPSA) is 58.0 Å². The van der Waals surface area contributed by atoms with E-state index in [1.54, 1.807) is 4.57 Å². The first-order valence-corrected chi connectivity index (χ1v) is 4.86. The molecule has 0 aliphatic heterocycles. The summed E-state index contributed by atoms with van der Waals surface area (Å²) in [5.41, 5.74) is 1.68. The quantitative estimate of drug-likeness (QED) is 0.553. The average molecular weight is 242 g/mol. The minimum atomic E-state index is -1.09. The largest absolute Gasteiger partial charge is 1.00 e. The number of carboxylic acids is 1. The van der Waals surface area contributed by atoms with Crippen molar-refractivity contribution in [2.45, 2.75) is 19.9 Å². The van der Waals surface area contributed by atoms with Gasteiger partial charge in [-0.25, -0.2) is 4.98 Å². The molecule has 0 aliphatic carbocycles. The van der Waals surface area contributed by atoms with Gasteiger partial charge in [-0.05, 0) is 12.1 Å².